The molecule has 0 fully saturated rings. The number of benzene rings is 11. The molecule has 0 amide bonds. The van der Waals surface area contributed by atoms with Crippen LogP contribution in [0.3, 0.4) is 0 Å². The SMILES string of the molecule is c1ccc(-c2c3ccccc3c(-c3cccc4[se]c5c(-c6c7ccccc7c(-n7c8ccccc8c8ccccc87)c7ccccc67)cccc5c34)c3ccccc23)cc1. The molecule has 0 saturated heterocycles. The van der Waals surface area contributed by atoms with Crippen LogP contribution < -0.4 is 0 Å². The van der Waals surface area contributed by atoms with E-state index in [0.29, 0.717) is 0 Å². The van der Waals surface area contributed by atoms with Gasteiger partial charge in [-0.15, -0.1) is 0 Å². The van der Waals surface area contributed by atoms with Crippen LogP contribution in [-0.2, 0) is 0 Å². The Morgan fingerprint density at radius 2 is 0.683 bits per heavy atom. The van der Waals surface area contributed by atoms with E-state index in [0.717, 1.165) is 0 Å². The van der Waals surface area contributed by atoms with Gasteiger partial charge in [0.2, 0.25) is 0 Å². The van der Waals surface area contributed by atoms with E-state index in [4.69, 9.17) is 0 Å². The summed E-state index contributed by atoms with van der Waals surface area (Å²) < 4.78 is 5.42. The third-order valence-electron chi connectivity index (χ3n) is 12.8. The van der Waals surface area contributed by atoms with Crippen molar-refractivity contribution in [2.75, 3.05) is 0 Å². The van der Waals surface area contributed by atoms with Crippen LogP contribution >= 0.6 is 0 Å². The minimum absolute atomic E-state index is 0.0978. The number of aromatic nitrogens is 1. The summed E-state index contributed by atoms with van der Waals surface area (Å²) >= 11 is 0.0978. The summed E-state index contributed by atoms with van der Waals surface area (Å²) in [6.45, 7) is 0. The fraction of sp³-hybridized carbons (Fsp3) is 0. The maximum atomic E-state index is 2.51. The summed E-state index contributed by atoms with van der Waals surface area (Å²) in [6, 6.07) is 79.0. The van der Waals surface area contributed by atoms with Crippen LogP contribution in [-0.4, -0.2) is 19.1 Å². The van der Waals surface area contributed by atoms with E-state index in [1.54, 1.807) is 0 Å². The number of para-hydroxylation sites is 2. The van der Waals surface area contributed by atoms with Crippen LogP contribution in [0.25, 0.3) is 123 Å². The molecule has 0 atom stereocenters. The number of nitrogens with zero attached hydrogens (tertiary/aromatic N) is 1. The van der Waals surface area contributed by atoms with E-state index in [-0.39, 0.29) is 14.5 Å². The first kappa shape index (κ1) is 33.7. The Labute approximate surface area is 352 Å². The van der Waals surface area contributed by atoms with Gasteiger partial charge < -0.3 is 0 Å². The van der Waals surface area contributed by atoms with Crippen molar-refractivity contribution in [2.24, 2.45) is 0 Å². The summed E-state index contributed by atoms with van der Waals surface area (Å²) in [5.41, 5.74) is 11.5. The molecule has 0 aliphatic heterocycles. The van der Waals surface area contributed by atoms with Gasteiger partial charge in [-0.3, -0.25) is 0 Å². The molecule has 2 heterocycles. The van der Waals surface area contributed by atoms with E-state index in [1.807, 2.05) is 0 Å². The van der Waals surface area contributed by atoms with Gasteiger partial charge in [-0.1, -0.05) is 0 Å². The minimum atomic E-state index is 0.0978. The molecule has 0 spiro atoms. The molecule has 13 aromatic rings. The average molecular weight is 825 g/mol. The van der Waals surface area contributed by atoms with Gasteiger partial charge in [-0.2, -0.15) is 0 Å². The van der Waals surface area contributed by atoms with Crippen LogP contribution in [0.15, 0.2) is 212 Å². The summed E-state index contributed by atoms with van der Waals surface area (Å²) in [4.78, 5) is 0. The number of hydrogen-bond donors (Lipinski definition) is 0. The van der Waals surface area contributed by atoms with E-state index in [1.165, 1.54) is 123 Å². The number of fused-ring (bicyclic) bond motifs is 10. The summed E-state index contributed by atoms with van der Waals surface area (Å²) in [7, 11) is 0. The fourth-order valence-electron chi connectivity index (χ4n) is 10.4. The second-order valence-electron chi connectivity index (χ2n) is 15.9. The van der Waals surface area contributed by atoms with Crippen molar-refractivity contribution in [3.63, 3.8) is 0 Å². The second-order valence-corrected chi connectivity index (χ2v) is 18.1. The van der Waals surface area contributed by atoms with Gasteiger partial charge in [0.1, 0.15) is 0 Å². The first-order chi connectivity index (χ1) is 29.8. The molecule has 0 unspecified atom stereocenters. The second kappa shape index (κ2) is 13.1. The van der Waals surface area contributed by atoms with Gasteiger partial charge in [-0.05, 0) is 0 Å². The Balaban J connectivity index is 1.12. The zero-order chi connectivity index (χ0) is 39.3. The van der Waals surface area contributed by atoms with Crippen LogP contribution in [0.5, 0.6) is 0 Å². The van der Waals surface area contributed by atoms with Gasteiger partial charge in [-0.25, -0.2) is 0 Å². The summed E-state index contributed by atoms with van der Waals surface area (Å²) in [5, 5.41) is 15.5. The molecule has 2 aromatic heterocycles. The van der Waals surface area contributed by atoms with Crippen molar-refractivity contribution in [2.45, 2.75) is 0 Å². The van der Waals surface area contributed by atoms with E-state index >= 15 is 0 Å². The number of hydrogen-bond acceptors (Lipinski definition) is 0. The van der Waals surface area contributed by atoms with Crippen molar-refractivity contribution in [1.29, 1.82) is 0 Å². The van der Waals surface area contributed by atoms with Crippen molar-refractivity contribution in [3.8, 4) is 39.1 Å². The topological polar surface area (TPSA) is 4.93 Å². The molecule has 13 rings (SSSR count). The molecule has 278 valence electrons. The molecule has 60 heavy (non-hydrogen) atoms. The fourth-order valence-corrected chi connectivity index (χ4v) is 13.0. The Hall–Kier alpha value is -7.22. The molecular weight excluding hydrogens is 790 g/mol. The van der Waals surface area contributed by atoms with E-state index < -0.39 is 0 Å². The standard InChI is InChI=1S/C58H35NSe/c1-2-18-36(19-3-1)53-39-22-4-6-24-41(39)54(42-25-7-5-23-40(42)53)47-30-17-35-52-56(47)49-32-16-31-48(58(49)60-52)55-43-26-8-10-28-45(43)57(46-29-11-9-27-44(46)55)59-50-33-14-12-20-37(50)38-21-13-15-34-51(38)59/h1-35H. The first-order valence-electron chi connectivity index (χ1n) is 20.7. The van der Waals surface area contributed by atoms with Gasteiger partial charge in [0.15, 0.2) is 0 Å². The Morgan fingerprint density at radius 3 is 1.25 bits per heavy atom. The zero-order valence-electron chi connectivity index (χ0n) is 32.6. The van der Waals surface area contributed by atoms with Crippen molar-refractivity contribution < 1.29 is 0 Å². The molecule has 1 nitrogen and oxygen atoms in total. The van der Waals surface area contributed by atoms with Crippen LogP contribution in [0.1, 0.15) is 0 Å². The summed E-state index contributed by atoms with van der Waals surface area (Å²) in [5.74, 6) is 0. The summed E-state index contributed by atoms with van der Waals surface area (Å²) in [6.07, 6.45) is 0. The predicted molar refractivity (Wildman–Crippen MR) is 259 cm³/mol. The van der Waals surface area contributed by atoms with Crippen LogP contribution in [0.4, 0.5) is 0 Å². The molecule has 2 heteroatoms. The molecule has 0 N–H and O–H groups in total. The Morgan fingerprint density at radius 1 is 0.283 bits per heavy atom. The third-order valence-corrected chi connectivity index (χ3v) is 15.3. The molecular formula is C58H35NSe. The maximum absolute atomic E-state index is 2.51. The molecule has 0 bridgehead atoms. The van der Waals surface area contributed by atoms with Gasteiger partial charge in [0.05, 0.1) is 0 Å². The zero-order valence-corrected chi connectivity index (χ0v) is 34.3. The van der Waals surface area contributed by atoms with Gasteiger partial charge in [0.25, 0.3) is 0 Å². The van der Waals surface area contributed by atoms with Crippen LogP contribution in [0, 0.1) is 0 Å². The Kier molecular flexibility index (Phi) is 7.39. The molecule has 11 aromatic carbocycles. The molecule has 0 aliphatic rings. The van der Waals surface area contributed by atoms with Gasteiger partial charge >= 0.3 is 355 Å². The van der Waals surface area contributed by atoms with Gasteiger partial charge in [0, 0.05) is 0 Å². The first-order valence-corrected chi connectivity index (χ1v) is 22.4. The Bertz CT molecular complexity index is 3720. The molecule has 0 saturated carbocycles. The van der Waals surface area contributed by atoms with E-state index in [9.17, 15) is 0 Å². The average Bonchev–Trinajstić information content (AvgIpc) is 3.87. The number of rotatable bonds is 4. The third kappa shape index (κ3) is 4.75. The predicted octanol–water partition coefficient (Wildman–Crippen LogP) is 15.8. The van der Waals surface area contributed by atoms with E-state index in [2.05, 4.69) is 217 Å². The van der Waals surface area contributed by atoms with Crippen molar-refractivity contribution in [3.05, 3.63) is 212 Å². The molecule has 0 radical (unpaired) electrons. The quantitative estimate of drug-likeness (QED) is 0.123. The normalized spacial score (nSPS) is 12.0. The molecule has 0 aliphatic carbocycles. The van der Waals surface area contributed by atoms with Crippen molar-refractivity contribution >= 4 is 98.7 Å². The monoisotopic (exact) mass is 825 g/mol. The van der Waals surface area contributed by atoms with Crippen LogP contribution in [0.2, 0.25) is 0 Å². The van der Waals surface area contributed by atoms with Crippen molar-refractivity contribution in [1.82, 2.24) is 4.57 Å².